The Morgan fingerprint density at radius 2 is 1.93 bits per heavy atom. The lowest BCUT2D eigenvalue weighted by molar-refractivity contribution is 0.382. The van der Waals surface area contributed by atoms with E-state index < -0.39 is 0 Å². The first-order valence-corrected chi connectivity index (χ1v) is 6.51. The van der Waals surface area contributed by atoms with E-state index in [2.05, 4.69) is 26.1 Å². The Morgan fingerprint density at radius 1 is 1.21 bits per heavy atom. The molecule has 1 aliphatic rings. The third kappa shape index (κ3) is 4.45. The number of hydrogen-bond donors (Lipinski definition) is 1. The molecule has 84 valence electrons. The molecule has 0 aliphatic heterocycles. The Hall–Kier alpha value is -0.0400. The smallest absolute Gasteiger partial charge is 0.00954 e. The molecule has 0 aromatic heterocycles. The van der Waals surface area contributed by atoms with Gasteiger partial charge in [-0.05, 0) is 50.5 Å². The average Bonchev–Trinajstić information content (AvgIpc) is 3.01. The van der Waals surface area contributed by atoms with Crippen LogP contribution in [0.4, 0.5) is 0 Å². The summed E-state index contributed by atoms with van der Waals surface area (Å²) < 4.78 is 0. The molecule has 1 saturated carbocycles. The van der Waals surface area contributed by atoms with Gasteiger partial charge in [0.2, 0.25) is 0 Å². The van der Waals surface area contributed by atoms with Gasteiger partial charge in [0.05, 0.1) is 0 Å². The Morgan fingerprint density at radius 3 is 2.43 bits per heavy atom. The van der Waals surface area contributed by atoms with Gasteiger partial charge in [-0.2, -0.15) is 0 Å². The maximum atomic E-state index is 3.71. The molecule has 1 aliphatic carbocycles. The molecule has 1 nitrogen and oxygen atoms in total. The van der Waals surface area contributed by atoms with E-state index in [9.17, 15) is 0 Å². The first-order chi connectivity index (χ1) is 6.77. The van der Waals surface area contributed by atoms with Crippen molar-refractivity contribution in [2.24, 2.45) is 11.8 Å². The van der Waals surface area contributed by atoms with E-state index >= 15 is 0 Å². The zero-order valence-electron chi connectivity index (χ0n) is 10.2. The Balaban J connectivity index is 2.14. The molecule has 1 fully saturated rings. The van der Waals surface area contributed by atoms with Crippen LogP contribution in [0.1, 0.15) is 59.3 Å². The molecular weight excluding hydrogens is 170 g/mol. The predicted molar refractivity (Wildman–Crippen MR) is 63.5 cm³/mol. The molecule has 0 aromatic carbocycles. The van der Waals surface area contributed by atoms with Crippen LogP contribution in [0.25, 0.3) is 0 Å². The summed E-state index contributed by atoms with van der Waals surface area (Å²) in [4.78, 5) is 0. The molecule has 1 heteroatoms. The van der Waals surface area contributed by atoms with Crippen molar-refractivity contribution in [2.45, 2.75) is 65.3 Å². The van der Waals surface area contributed by atoms with E-state index in [1.165, 1.54) is 45.1 Å². The second-order valence-corrected chi connectivity index (χ2v) is 4.99. The van der Waals surface area contributed by atoms with E-state index in [1.807, 2.05) is 0 Å². The summed E-state index contributed by atoms with van der Waals surface area (Å²) in [6, 6.07) is 0.837. The largest absolute Gasteiger partial charge is 0.314 e. The van der Waals surface area contributed by atoms with Crippen molar-refractivity contribution in [3.8, 4) is 0 Å². The van der Waals surface area contributed by atoms with E-state index in [-0.39, 0.29) is 0 Å². The molecule has 1 N–H and O–H groups in total. The van der Waals surface area contributed by atoms with Crippen molar-refractivity contribution < 1.29 is 0 Å². The fourth-order valence-electron chi connectivity index (χ4n) is 2.00. The minimum absolute atomic E-state index is 0.837. The van der Waals surface area contributed by atoms with Gasteiger partial charge >= 0.3 is 0 Å². The van der Waals surface area contributed by atoms with Crippen LogP contribution in [0.15, 0.2) is 0 Å². The number of hydrogen-bond acceptors (Lipinski definition) is 1. The van der Waals surface area contributed by atoms with Gasteiger partial charge in [-0.1, -0.05) is 27.2 Å². The summed E-state index contributed by atoms with van der Waals surface area (Å²) >= 11 is 0. The highest BCUT2D eigenvalue weighted by atomic mass is 14.9. The number of nitrogens with one attached hydrogen (secondary N) is 1. The van der Waals surface area contributed by atoms with Gasteiger partial charge in [0, 0.05) is 6.04 Å². The lowest BCUT2D eigenvalue weighted by Gasteiger charge is -2.19. The molecule has 2 atom stereocenters. The molecule has 0 spiro atoms. The van der Waals surface area contributed by atoms with Gasteiger partial charge in [-0.3, -0.25) is 0 Å². The third-order valence-electron chi connectivity index (χ3n) is 3.51. The SMILES string of the molecule is CCCNC(CCC(C)CC)C1CC1. The van der Waals surface area contributed by atoms with Crippen molar-refractivity contribution in [1.29, 1.82) is 0 Å². The molecule has 14 heavy (non-hydrogen) atoms. The van der Waals surface area contributed by atoms with Gasteiger partial charge in [-0.25, -0.2) is 0 Å². The fraction of sp³-hybridized carbons (Fsp3) is 1.00. The summed E-state index contributed by atoms with van der Waals surface area (Å²) in [7, 11) is 0. The van der Waals surface area contributed by atoms with Crippen LogP contribution in [0.2, 0.25) is 0 Å². The van der Waals surface area contributed by atoms with Crippen LogP contribution < -0.4 is 5.32 Å². The fourth-order valence-corrected chi connectivity index (χ4v) is 2.00. The molecule has 2 unspecified atom stereocenters. The van der Waals surface area contributed by atoms with Crippen LogP contribution in [-0.4, -0.2) is 12.6 Å². The standard InChI is InChI=1S/C13H27N/c1-4-10-14-13(12-7-8-12)9-6-11(3)5-2/h11-14H,4-10H2,1-3H3. The van der Waals surface area contributed by atoms with Gasteiger partial charge < -0.3 is 5.32 Å². The number of rotatable bonds is 8. The van der Waals surface area contributed by atoms with Crippen molar-refractivity contribution in [1.82, 2.24) is 5.32 Å². The van der Waals surface area contributed by atoms with Crippen LogP contribution in [0.3, 0.4) is 0 Å². The van der Waals surface area contributed by atoms with Crippen LogP contribution in [0, 0.1) is 11.8 Å². The quantitative estimate of drug-likeness (QED) is 0.627. The van der Waals surface area contributed by atoms with Gasteiger partial charge in [0.1, 0.15) is 0 Å². The molecule has 0 saturated heterocycles. The second-order valence-electron chi connectivity index (χ2n) is 4.99. The maximum Gasteiger partial charge on any atom is 0.00954 e. The maximum absolute atomic E-state index is 3.71. The van der Waals surface area contributed by atoms with Crippen molar-refractivity contribution >= 4 is 0 Å². The molecule has 0 heterocycles. The minimum Gasteiger partial charge on any atom is -0.314 e. The van der Waals surface area contributed by atoms with Crippen LogP contribution >= 0.6 is 0 Å². The zero-order valence-corrected chi connectivity index (χ0v) is 10.2. The second kappa shape index (κ2) is 6.44. The van der Waals surface area contributed by atoms with E-state index in [1.54, 1.807) is 0 Å². The summed E-state index contributed by atoms with van der Waals surface area (Å²) in [6.07, 6.45) is 8.37. The van der Waals surface area contributed by atoms with Gasteiger partial charge in [-0.15, -0.1) is 0 Å². The molecule has 0 aromatic rings. The highest BCUT2D eigenvalue weighted by Crippen LogP contribution is 2.35. The van der Waals surface area contributed by atoms with Crippen molar-refractivity contribution in [2.75, 3.05) is 6.54 Å². The monoisotopic (exact) mass is 197 g/mol. The average molecular weight is 197 g/mol. The highest BCUT2D eigenvalue weighted by molar-refractivity contribution is 4.86. The summed E-state index contributed by atoms with van der Waals surface area (Å²) in [6.45, 7) is 8.15. The van der Waals surface area contributed by atoms with Crippen molar-refractivity contribution in [3.05, 3.63) is 0 Å². The van der Waals surface area contributed by atoms with E-state index in [4.69, 9.17) is 0 Å². The zero-order chi connectivity index (χ0) is 10.4. The topological polar surface area (TPSA) is 12.0 Å². The lowest BCUT2D eigenvalue weighted by atomic mass is 9.97. The molecule has 0 bridgehead atoms. The molecule has 0 radical (unpaired) electrons. The normalized spacial score (nSPS) is 20.8. The summed E-state index contributed by atoms with van der Waals surface area (Å²) in [5.41, 5.74) is 0. The Bertz CT molecular complexity index is 140. The van der Waals surface area contributed by atoms with Gasteiger partial charge in [0.15, 0.2) is 0 Å². The predicted octanol–water partition coefficient (Wildman–Crippen LogP) is 3.59. The van der Waals surface area contributed by atoms with E-state index in [0.717, 1.165) is 17.9 Å². The minimum atomic E-state index is 0.837. The summed E-state index contributed by atoms with van der Waals surface area (Å²) in [5, 5.41) is 3.71. The lowest BCUT2D eigenvalue weighted by Crippen LogP contribution is -2.32. The van der Waals surface area contributed by atoms with Crippen LogP contribution in [-0.2, 0) is 0 Å². The van der Waals surface area contributed by atoms with E-state index in [0.29, 0.717) is 0 Å². The Labute approximate surface area is 89.7 Å². The molecule has 1 rings (SSSR count). The first-order valence-electron chi connectivity index (χ1n) is 6.51. The van der Waals surface area contributed by atoms with Gasteiger partial charge in [0.25, 0.3) is 0 Å². The Kier molecular flexibility index (Phi) is 5.54. The van der Waals surface area contributed by atoms with Crippen molar-refractivity contribution in [3.63, 3.8) is 0 Å². The highest BCUT2D eigenvalue weighted by Gasteiger charge is 2.30. The molecular formula is C13H27N. The third-order valence-corrected chi connectivity index (χ3v) is 3.51. The first kappa shape index (κ1) is 12.0. The summed E-state index contributed by atoms with van der Waals surface area (Å²) in [5.74, 6) is 1.94. The molecule has 0 amide bonds. The van der Waals surface area contributed by atoms with Crippen LogP contribution in [0.5, 0.6) is 0 Å².